The summed E-state index contributed by atoms with van der Waals surface area (Å²) in [7, 11) is 0. The van der Waals surface area contributed by atoms with Crippen LogP contribution in [-0.2, 0) is 9.53 Å². The van der Waals surface area contributed by atoms with Crippen LogP contribution in [0.2, 0.25) is 0 Å². The molecule has 0 heterocycles. The third-order valence-electron chi connectivity index (χ3n) is 3.17. The molecule has 0 bridgehead atoms. The van der Waals surface area contributed by atoms with E-state index in [0.717, 1.165) is 18.4 Å². The molecule has 0 aromatic rings. The average Bonchev–Trinajstić information content (AvgIpc) is 2.34. The van der Waals surface area contributed by atoms with Gasteiger partial charge in [0.2, 0.25) is 0 Å². The molecule has 0 amide bonds. The van der Waals surface area contributed by atoms with Crippen molar-refractivity contribution in [3.63, 3.8) is 0 Å². The van der Waals surface area contributed by atoms with Crippen LogP contribution in [0.3, 0.4) is 0 Å². The van der Waals surface area contributed by atoms with Crippen LogP contribution in [0.5, 0.6) is 0 Å². The standard InChI is InChI=1S/C14H23NO2/c1-6-10(4)13(11(5)7-2)12(9-15)14(16)17-8-3/h10-11H,6-8H2,1-5H3/t10-,11-/m1/s1. The number of rotatable bonds is 6. The molecular formula is C14H23NO2. The Balaban J connectivity index is 5.45. The van der Waals surface area contributed by atoms with Crippen LogP contribution in [0.25, 0.3) is 0 Å². The van der Waals surface area contributed by atoms with E-state index in [-0.39, 0.29) is 17.4 Å². The summed E-state index contributed by atoms with van der Waals surface area (Å²) in [6.45, 7) is 10.3. The van der Waals surface area contributed by atoms with Crippen LogP contribution in [0.1, 0.15) is 47.5 Å². The third kappa shape index (κ3) is 4.22. The average molecular weight is 237 g/mol. The van der Waals surface area contributed by atoms with E-state index in [1.807, 2.05) is 6.07 Å². The van der Waals surface area contributed by atoms with Crippen molar-refractivity contribution >= 4 is 5.97 Å². The summed E-state index contributed by atoms with van der Waals surface area (Å²) < 4.78 is 4.95. The molecule has 0 fully saturated rings. The fraction of sp³-hybridized carbons (Fsp3) is 0.714. The lowest BCUT2D eigenvalue weighted by Gasteiger charge is -2.21. The minimum atomic E-state index is -0.481. The zero-order valence-corrected chi connectivity index (χ0v) is 11.5. The maximum Gasteiger partial charge on any atom is 0.348 e. The smallest absolute Gasteiger partial charge is 0.348 e. The number of hydrogen-bond donors (Lipinski definition) is 0. The topological polar surface area (TPSA) is 50.1 Å². The van der Waals surface area contributed by atoms with Crippen molar-refractivity contribution in [2.45, 2.75) is 47.5 Å². The maximum absolute atomic E-state index is 11.8. The zero-order chi connectivity index (χ0) is 13.4. The number of carbonyl (C=O) groups excluding carboxylic acids is 1. The van der Waals surface area contributed by atoms with Gasteiger partial charge in [-0.3, -0.25) is 0 Å². The highest BCUT2D eigenvalue weighted by Crippen LogP contribution is 2.28. The molecule has 0 saturated heterocycles. The highest BCUT2D eigenvalue weighted by atomic mass is 16.5. The summed E-state index contributed by atoms with van der Waals surface area (Å²) >= 11 is 0. The third-order valence-corrected chi connectivity index (χ3v) is 3.17. The molecule has 2 atom stereocenters. The fourth-order valence-electron chi connectivity index (χ4n) is 1.85. The highest BCUT2D eigenvalue weighted by molar-refractivity contribution is 5.93. The summed E-state index contributed by atoms with van der Waals surface area (Å²) in [5.41, 5.74) is 1.14. The monoisotopic (exact) mass is 237 g/mol. The largest absolute Gasteiger partial charge is 0.462 e. The van der Waals surface area contributed by atoms with Gasteiger partial charge in [-0.25, -0.2) is 4.79 Å². The van der Waals surface area contributed by atoms with Crippen LogP contribution < -0.4 is 0 Å². The number of nitriles is 1. The lowest BCUT2D eigenvalue weighted by atomic mass is 9.83. The lowest BCUT2D eigenvalue weighted by molar-refractivity contribution is -0.138. The number of carbonyl (C=O) groups is 1. The number of allylic oxidation sites excluding steroid dienone is 1. The molecule has 0 rings (SSSR count). The second-order valence-corrected chi connectivity index (χ2v) is 4.28. The normalized spacial score (nSPS) is 13.4. The van der Waals surface area contributed by atoms with Crippen LogP contribution in [0, 0.1) is 23.2 Å². The van der Waals surface area contributed by atoms with E-state index >= 15 is 0 Å². The molecule has 0 aromatic heterocycles. The van der Waals surface area contributed by atoms with Gasteiger partial charge in [-0.15, -0.1) is 0 Å². The number of esters is 1. The predicted molar refractivity (Wildman–Crippen MR) is 68.2 cm³/mol. The summed E-state index contributed by atoms with van der Waals surface area (Å²) in [5.74, 6) is -0.00128. The first-order valence-corrected chi connectivity index (χ1v) is 6.34. The minimum absolute atomic E-state index is 0.204. The van der Waals surface area contributed by atoms with E-state index in [1.54, 1.807) is 6.92 Å². The molecule has 3 nitrogen and oxygen atoms in total. The fourth-order valence-corrected chi connectivity index (χ4v) is 1.85. The molecule has 0 aliphatic rings. The summed E-state index contributed by atoms with van der Waals surface area (Å²) in [4.78, 5) is 11.8. The Hall–Kier alpha value is -1.30. The highest BCUT2D eigenvalue weighted by Gasteiger charge is 2.23. The van der Waals surface area contributed by atoms with Crippen molar-refractivity contribution in [3.8, 4) is 6.07 Å². The van der Waals surface area contributed by atoms with Gasteiger partial charge in [-0.05, 0) is 37.2 Å². The van der Waals surface area contributed by atoms with Gasteiger partial charge in [0.05, 0.1) is 6.61 Å². The van der Waals surface area contributed by atoms with Gasteiger partial charge in [-0.2, -0.15) is 5.26 Å². The van der Waals surface area contributed by atoms with E-state index in [9.17, 15) is 10.1 Å². The first-order valence-electron chi connectivity index (χ1n) is 6.34. The van der Waals surface area contributed by atoms with E-state index in [1.165, 1.54) is 0 Å². The van der Waals surface area contributed by atoms with E-state index in [0.29, 0.717) is 6.61 Å². The second-order valence-electron chi connectivity index (χ2n) is 4.28. The maximum atomic E-state index is 11.8. The molecular weight excluding hydrogens is 214 g/mol. The summed E-state index contributed by atoms with van der Waals surface area (Å²) in [6.07, 6.45) is 1.84. The Labute approximate surface area is 104 Å². The first kappa shape index (κ1) is 15.7. The van der Waals surface area contributed by atoms with Gasteiger partial charge in [0.15, 0.2) is 0 Å². The molecule has 0 aliphatic carbocycles. The van der Waals surface area contributed by atoms with Crippen molar-refractivity contribution < 1.29 is 9.53 Å². The Bertz CT molecular complexity index is 314. The SMILES string of the molecule is CCOC(=O)C(C#N)=C([C@H](C)CC)[C@H](C)CC. The molecule has 0 saturated carbocycles. The minimum Gasteiger partial charge on any atom is -0.462 e. The van der Waals surface area contributed by atoms with Crippen LogP contribution >= 0.6 is 0 Å². The van der Waals surface area contributed by atoms with Gasteiger partial charge in [-0.1, -0.05) is 27.7 Å². The molecule has 17 heavy (non-hydrogen) atoms. The first-order chi connectivity index (χ1) is 8.03. The summed E-state index contributed by atoms with van der Waals surface area (Å²) in [5, 5.41) is 9.17. The predicted octanol–water partition coefficient (Wildman–Crippen LogP) is 3.46. The van der Waals surface area contributed by atoms with Crippen LogP contribution in [0.15, 0.2) is 11.1 Å². The molecule has 0 aromatic carbocycles. The summed E-state index contributed by atoms with van der Waals surface area (Å²) in [6, 6.07) is 2.02. The molecule has 0 N–H and O–H groups in total. The molecule has 0 unspecified atom stereocenters. The van der Waals surface area contributed by atoms with Crippen LogP contribution in [-0.4, -0.2) is 12.6 Å². The van der Waals surface area contributed by atoms with Crippen LogP contribution in [0.4, 0.5) is 0 Å². The Kier molecular flexibility index (Phi) is 7.29. The van der Waals surface area contributed by atoms with Gasteiger partial charge in [0, 0.05) is 0 Å². The molecule has 0 radical (unpaired) electrons. The van der Waals surface area contributed by atoms with E-state index in [2.05, 4.69) is 27.7 Å². The molecule has 0 spiro atoms. The Morgan fingerprint density at radius 3 is 1.94 bits per heavy atom. The zero-order valence-electron chi connectivity index (χ0n) is 11.5. The molecule has 0 aliphatic heterocycles. The van der Waals surface area contributed by atoms with E-state index in [4.69, 9.17) is 4.74 Å². The van der Waals surface area contributed by atoms with Crippen molar-refractivity contribution in [2.75, 3.05) is 6.61 Å². The van der Waals surface area contributed by atoms with Gasteiger partial charge in [0.1, 0.15) is 11.6 Å². The molecule has 96 valence electrons. The quantitative estimate of drug-likeness (QED) is 0.404. The lowest BCUT2D eigenvalue weighted by Crippen LogP contribution is -2.16. The Morgan fingerprint density at radius 1 is 1.18 bits per heavy atom. The number of ether oxygens (including phenoxy) is 1. The van der Waals surface area contributed by atoms with Crippen molar-refractivity contribution in [1.29, 1.82) is 5.26 Å². The van der Waals surface area contributed by atoms with Gasteiger partial charge in [0.25, 0.3) is 0 Å². The van der Waals surface area contributed by atoms with Crippen molar-refractivity contribution in [3.05, 3.63) is 11.1 Å². The Morgan fingerprint density at radius 2 is 1.65 bits per heavy atom. The molecule has 3 heteroatoms. The van der Waals surface area contributed by atoms with Crippen molar-refractivity contribution in [2.24, 2.45) is 11.8 Å². The van der Waals surface area contributed by atoms with Crippen molar-refractivity contribution in [1.82, 2.24) is 0 Å². The second kappa shape index (κ2) is 7.89. The van der Waals surface area contributed by atoms with Gasteiger partial charge < -0.3 is 4.74 Å². The number of hydrogen-bond acceptors (Lipinski definition) is 3. The van der Waals surface area contributed by atoms with E-state index < -0.39 is 5.97 Å². The van der Waals surface area contributed by atoms with Gasteiger partial charge >= 0.3 is 5.97 Å². The number of nitrogens with zero attached hydrogens (tertiary/aromatic N) is 1.